The van der Waals surface area contributed by atoms with Crippen molar-refractivity contribution in [3.63, 3.8) is 0 Å². The fourth-order valence-corrected chi connectivity index (χ4v) is 2.80. The lowest BCUT2D eigenvalue weighted by atomic mass is 10.0. The van der Waals surface area contributed by atoms with Crippen LogP contribution in [0.25, 0.3) is 0 Å². The lowest BCUT2D eigenvalue weighted by molar-refractivity contribution is -0.139. The van der Waals surface area contributed by atoms with Crippen molar-refractivity contribution in [2.75, 3.05) is 20.1 Å². The first-order chi connectivity index (χ1) is 10.0. The minimum absolute atomic E-state index is 0.0133. The Morgan fingerprint density at radius 3 is 2.67 bits per heavy atom. The van der Waals surface area contributed by atoms with E-state index in [4.69, 9.17) is 27.9 Å². The highest BCUT2D eigenvalue weighted by Crippen LogP contribution is 2.32. The van der Waals surface area contributed by atoms with Crippen LogP contribution in [-0.4, -0.2) is 43.1 Å². The van der Waals surface area contributed by atoms with Crippen molar-refractivity contribution in [1.29, 1.82) is 0 Å². The van der Waals surface area contributed by atoms with Gasteiger partial charge in [-0.1, -0.05) is 29.3 Å². The van der Waals surface area contributed by atoms with Crippen LogP contribution in [0, 0.1) is 0 Å². The molecule has 1 aliphatic rings. The third-order valence-electron chi connectivity index (χ3n) is 3.78. The fraction of sp³-hybridized carbons (Fsp3) is 0.533. The molecule has 0 saturated carbocycles. The van der Waals surface area contributed by atoms with Gasteiger partial charge in [0.1, 0.15) is 10.8 Å². The van der Waals surface area contributed by atoms with Crippen LogP contribution >= 0.6 is 23.2 Å². The number of rotatable bonds is 4. The molecule has 4 nitrogen and oxygen atoms in total. The van der Waals surface area contributed by atoms with Crippen LogP contribution in [0.15, 0.2) is 18.2 Å². The van der Waals surface area contributed by atoms with Crippen molar-refractivity contribution in [2.45, 2.75) is 31.9 Å². The molecular formula is C15H20Cl2N2O2. The number of hydrogen-bond donors (Lipinski definition) is 1. The molecule has 0 aromatic heterocycles. The van der Waals surface area contributed by atoms with E-state index in [0.717, 1.165) is 25.9 Å². The summed E-state index contributed by atoms with van der Waals surface area (Å²) in [5.41, 5.74) is 0. The molecule has 0 bridgehead atoms. The SMILES string of the molecule is CNC1CCN(C(=O)C(C)Oc2cccc(Cl)c2Cl)CC1. The van der Waals surface area contributed by atoms with E-state index < -0.39 is 6.10 Å². The van der Waals surface area contributed by atoms with Crippen LogP contribution in [-0.2, 0) is 4.79 Å². The first-order valence-corrected chi connectivity index (χ1v) is 7.85. The van der Waals surface area contributed by atoms with Gasteiger partial charge in [0, 0.05) is 19.1 Å². The number of nitrogens with zero attached hydrogens (tertiary/aromatic N) is 1. The van der Waals surface area contributed by atoms with Crippen LogP contribution in [0.3, 0.4) is 0 Å². The number of ether oxygens (including phenoxy) is 1. The zero-order valence-electron chi connectivity index (χ0n) is 12.2. The van der Waals surface area contributed by atoms with Gasteiger partial charge in [-0.25, -0.2) is 0 Å². The lowest BCUT2D eigenvalue weighted by Gasteiger charge is -2.33. The molecule has 1 N–H and O–H groups in total. The van der Waals surface area contributed by atoms with Crippen molar-refractivity contribution in [3.05, 3.63) is 28.2 Å². The Hall–Kier alpha value is -0.970. The van der Waals surface area contributed by atoms with Gasteiger partial charge in [-0.3, -0.25) is 4.79 Å². The van der Waals surface area contributed by atoms with Crippen molar-refractivity contribution >= 4 is 29.1 Å². The molecule has 0 spiro atoms. The Kier molecular flexibility index (Phi) is 5.73. The van der Waals surface area contributed by atoms with Crippen molar-refractivity contribution < 1.29 is 9.53 Å². The van der Waals surface area contributed by atoms with E-state index in [1.54, 1.807) is 25.1 Å². The predicted octanol–water partition coefficient (Wildman–Crippen LogP) is 2.97. The van der Waals surface area contributed by atoms with Crippen LogP contribution in [0.2, 0.25) is 10.0 Å². The van der Waals surface area contributed by atoms with Gasteiger partial charge in [-0.2, -0.15) is 0 Å². The molecule has 6 heteroatoms. The topological polar surface area (TPSA) is 41.6 Å². The van der Waals surface area contributed by atoms with Gasteiger partial charge >= 0.3 is 0 Å². The second-order valence-corrected chi connectivity index (χ2v) is 5.99. The number of piperidine rings is 1. The summed E-state index contributed by atoms with van der Waals surface area (Å²) in [6, 6.07) is 5.64. The first kappa shape index (κ1) is 16.4. The molecule has 1 aliphatic heterocycles. The van der Waals surface area contributed by atoms with Gasteiger partial charge < -0.3 is 15.0 Å². The largest absolute Gasteiger partial charge is 0.479 e. The van der Waals surface area contributed by atoms with E-state index >= 15 is 0 Å². The molecule has 2 rings (SSSR count). The number of hydrogen-bond acceptors (Lipinski definition) is 3. The first-order valence-electron chi connectivity index (χ1n) is 7.09. The van der Waals surface area contributed by atoms with Gasteiger partial charge in [-0.15, -0.1) is 0 Å². The fourth-order valence-electron chi connectivity index (χ4n) is 2.46. The average Bonchev–Trinajstić information content (AvgIpc) is 2.51. The quantitative estimate of drug-likeness (QED) is 0.922. The average molecular weight is 331 g/mol. The maximum Gasteiger partial charge on any atom is 0.263 e. The number of carbonyl (C=O) groups is 1. The molecule has 1 aromatic carbocycles. The minimum atomic E-state index is -0.577. The monoisotopic (exact) mass is 330 g/mol. The van der Waals surface area contributed by atoms with Gasteiger partial charge in [0.2, 0.25) is 0 Å². The zero-order chi connectivity index (χ0) is 15.4. The van der Waals surface area contributed by atoms with Crippen LogP contribution in [0.1, 0.15) is 19.8 Å². The van der Waals surface area contributed by atoms with Crippen LogP contribution in [0.5, 0.6) is 5.75 Å². The third kappa shape index (κ3) is 4.02. The number of carbonyl (C=O) groups excluding carboxylic acids is 1. The van der Waals surface area contributed by atoms with E-state index in [1.165, 1.54) is 0 Å². The van der Waals surface area contributed by atoms with Crippen molar-refractivity contribution in [2.24, 2.45) is 0 Å². The molecule has 1 heterocycles. The normalized spacial score (nSPS) is 17.6. The smallest absolute Gasteiger partial charge is 0.263 e. The highest BCUT2D eigenvalue weighted by molar-refractivity contribution is 6.42. The van der Waals surface area contributed by atoms with E-state index in [1.807, 2.05) is 11.9 Å². The maximum atomic E-state index is 12.4. The second kappa shape index (κ2) is 7.34. The van der Waals surface area contributed by atoms with Crippen molar-refractivity contribution in [1.82, 2.24) is 10.2 Å². The molecule has 1 atom stereocenters. The molecule has 1 unspecified atom stereocenters. The lowest BCUT2D eigenvalue weighted by Crippen LogP contribution is -2.48. The Balaban J connectivity index is 1.95. The summed E-state index contributed by atoms with van der Waals surface area (Å²) in [5, 5.41) is 4.01. The van der Waals surface area contributed by atoms with Gasteiger partial charge in [0.15, 0.2) is 6.10 Å². The van der Waals surface area contributed by atoms with E-state index in [0.29, 0.717) is 21.8 Å². The van der Waals surface area contributed by atoms with E-state index in [9.17, 15) is 4.79 Å². The van der Waals surface area contributed by atoms with Gasteiger partial charge in [0.25, 0.3) is 5.91 Å². The summed E-state index contributed by atoms with van der Waals surface area (Å²) >= 11 is 12.0. The van der Waals surface area contributed by atoms with Crippen molar-refractivity contribution in [3.8, 4) is 5.75 Å². The Labute approximate surface area is 135 Å². The Morgan fingerprint density at radius 1 is 1.38 bits per heavy atom. The molecule has 116 valence electrons. The molecule has 0 radical (unpaired) electrons. The molecule has 1 amide bonds. The molecular weight excluding hydrogens is 311 g/mol. The Morgan fingerprint density at radius 2 is 2.05 bits per heavy atom. The van der Waals surface area contributed by atoms with Gasteiger partial charge in [0.05, 0.1) is 5.02 Å². The molecule has 21 heavy (non-hydrogen) atoms. The summed E-state index contributed by atoms with van der Waals surface area (Å²) in [7, 11) is 1.95. The number of benzene rings is 1. The molecule has 0 aliphatic carbocycles. The predicted molar refractivity (Wildman–Crippen MR) is 85.2 cm³/mol. The highest BCUT2D eigenvalue weighted by Gasteiger charge is 2.26. The van der Waals surface area contributed by atoms with E-state index in [-0.39, 0.29) is 5.91 Å². The number of nitrogens with one attached hydrogen (secondary N) is 1. The highest BCUT2D eigenvalue weighted by atomic mass is 35.5. The maximum absolute atomic E-state index is 12.4. The zero-order valence-corrected chi connectivity index (χ0v) is 13.7. The summed E-state index contributed by atoms with van der Waals surface area (Å²) in [6.07, 6.45) is 1.35. The third-order valence-corrected chi connectivity index (χ3v) is 4.58. The van der Waals surface area contributed by atoms with Crippen LogP contribution in [0.4, 0.5) is 0 Å². The van der Waals surface area contributed by atoms with Gasteiger partial charge in [-0.05, 0) is 38.9 Å². The number of amides is 1. The molecule has 1 fully saturated rings. The minimum Gasteiger partial charge on any atom is -0.479 e. The van der Waals surface area contributed by atoms with Crippen LogP contribution < -0.4 is 10.1 Å². The second-order valence-electron chi connectivity index (χ2n) is 5.20. The summed E-state index contributed by atoms with van der Waals surface area (Å²) in [5.74, 6) is 0.427. The molecule has 1 aromatic rings. The summed E-state index contributed by atoms with van der Waals surface area (Å²) in [4.78, 5) is 14.2. The Bertz CT molecular complexity index is 502. The summed E-state index contributed by atoms with van der Waals surface area (Å²) in [6.45, 7) is 3.24. The summed E-state index contributed by atoms with van der Waals surface area (Å²) < 4.78 is 5.67. The number of likely N-dealkylation sites (tertiary alicyclic amines) is 1. The molecule has 1 saturated heterocycles. The number of halogens is 2. The standard InChI is InChI=1S/C15H20Cl2N2O2/c1-10(21-13-5-3-4-12(16)14(13)17)15(20)19-8-6-11(18-2)7-9-19/h3-5,10-11,18H,6-9H2,1-2H3. The van der Waals surface area contributed by atoms with E-state index in [2.05, 4.69) is 5.32 Å².